The third-order valence-corrected chi connectivity index (χ3v) is 2.62. The normalized spacial score (nSPS) is 10.9. The minimum atomic E-state index is 0.150. The molecule has 80 valence electrons. The number of nitrogens with two attached hydrogens (primary N) is 1. The SMILES string of the molecule is CCN(CCO)Cc1nnsc1NN. The summed E-state index contributed by atoms with van der Waals surface area (Å²) in [5.74, 6) is 5.30. The number of aromatic nitrogens is 2. The molecule has 0 aliphatic rings. The largest absolute Gasteiger partial charge is 0.395 e. The van der Waals surface area contributed by atoms with Gasteiger partial charge in [-0.2, -0.15) is 0 Å². The van der Waals surface area contributed by atoms with Crippen molar-refractivity contribution in [1.82, 2.24) is 14.5 Å². The fourth-order valence-electron chi connectivity index (χ4n) is 1.12. The molecule has 1 aromatic heterocycles. The van der Waals surface area contributed by atoms with Gasteiger partial charge in [-0.3, -0.25) is 4.90 Å². The topological polar surface area (TPSA) is 87.3 Å². The number of aliphatic hydroxyl groups is 1. The van der Waals surface area contributed by atoms with Crippen molar-refractivity contribution in [3.8, 4) is 0 Å². The monoisotopic (exact) mass is 217 g/mol. The van der Waals surface area contributed by atoms with Gasteiger partial charge in [-0.15, -0.1) is 5.10 Å². The number of hydrogen-bond acceptors (Lipinski definition) is 7. The summed E-state index contributed by atoms with van der Waals surface area (Å²) in [4.78, 5) is 2.07. The smallest absolute Gasteiger partial charge is 0.148 e. The van der Waals surface area contributed by atoms with Gasteiger partial charge in [-0.1, -0.05) is 11.4 Å². The zero-order valence-corrected chi connectivity index (χ0v) is 8.92. The van der Waals surface area contributed by atoms with Gasteiger partial charge in [-0.25, -0.2) is 5.84 Å². The summed E-state index contributed by atoms with van der Waals surface area (Å²) in [5.41, 5.74) is 3.38. The standard InChI is InChI=1S/C7H15N5OS/c1-2-12(3-4-13)5-6-7(9-8)14-11-10-6/h9,13H,2-5,8H2,1H3. The lowest BCUT2D eigenvalue weighted by molar-refractivity contribution is 0.195. The van der Waals surface area contributed by atoms with E-state index in [0.717, 1.165) is 17.2 Å². The summed E-state index contributed by atoms with van der Waals surface area (Å²) in [5, 5.41) is 13.5. The number of anilines is 1. The molecule has 0 saturated carbocycles. The van der Waals surface area contributed by atoms with Crippen LogP contribution in [0, 0.1) is 0 Å². The van der Waals surface area contributed by atoms with Gasteiger partial charge in [0.25, 0.3) is 0 Å². The van der Waals surface area contributed by atoms with E-state index in [1.165, 1.54) is 11.5 Å². The predicted molar refractivity (Wildman–Crippen MR) is 55.8 cm³/mol. The average molecular weight is 217 g/mol. The number of likely N-dealkylation sites (N-methyl/N-ethyl adjacent to an activating group) is 1. The number of aliphatic hydroxyl groups excluding tert-OH is 1. The molecule has 0 amide bonds. The van der Waals surface area contributed by atoms with Crippen LogP contribution >= 0.6 is 11.5 Å². The van der Waals surface area contributed by atoms with Crippen LogP contribution in [0.25, 0.3) is 0 Å². The zero-order valence-electron chi connectivity index (χ0n) is 8.10. The number of rotatable bonds is 6. The Morgan fingerprint density at radius 2 is 2.43 bits per heavy atom. The molecule has 0 bridgehead atoms. The van der Waals surface area contributed by atoms with Crippen molar-refractivity contribution in [2.24, 2.45) is 5.84 Å². The summed E-state index contributed by atoms with van der Waals surface area (Å²) in [6, 6.07) is 0. The van der Waals surface area contributed by atoms with Crippen LogP contribution in [-0.4, -0.2) is 39.3 Å². The summed E-state index contributed by atoms with van der Waals surface area (Å²) in [6.07, 6.45) is 0. The van der Waals surface area contributed by atoms with Gasteiger partial charge in [0.2, 0.25) is 0 Å². The lowest BCUT2D eigenvalue weighted by atomic mass is 10.4. The number of nitrogen functional groups attached to an aromatic ring is 1. The van der Waals surface area contributed by atoms with Crippen molar-refractivity contribution in [2.75, 3.05) is 25.1 Å². The number of nitrogens with one attached hydrogen (secondary N) is 1. The molecule has 0 radical (unpaired) electrons. The van der Waals surface area contributed by atoms with Crippen molar-refractivity contribution in [2.45, 2.75) is 13.5 Å². The van der Waals surface area contributed by atoms with Gasteiger partial charge in [-0.05, 0) is 6.54 Å². The van der Waals surface area contributed by atoms with E-state index >= 15 is 0 Å². The molecule has 0 aromatic carbocycles. The second kappa shape index (κ2) is 5.86. The van der Waals surface area contributed by atoms with Gasteiger partial charge >= 0.3 is 0 Å². The Labute approximate surface area is 86.9 Å². The van der Waals surface area contributed by atoms with E-state index in [1.807, 2.05) is 6.92 Å². The summed E-state index contributed by atoms with van der Waals surface area (Å²) >= 11 is 1.23. The van der Waals surface area contributed by atoms with Crippen LogP contribution in [0.5, 0.6) is 0 Å². The molecule has 7 heteroatoms. The van der Waals surface area contributed by atoms with Crippen molar-refractivity contribution < 1.29 is 5.11 Å². The van der Waals surface area contributed by atoms with Crippen LogP contribution < -0.4 is 11.3 Å². The van der Waals surface area contributed by atoms with Gasteiger partial charge in [0.15, 0.2) is 0 Å². The highest BCUT2D eigenvalue weighted by molar-refractivity contribution is 7.10. The first kappa shape index (κ1) is 11.3. The van der Waals surface area contributed by atoms with Crippen LogP contribution in [0.3, 0.4) is 0 Å². The quantitative estimate of drug-likeness (QED) is 0.445. The minimum Gasteiger partial charge on any atom is -0.395 e. The van der Waals surface area contributed by atoms with Crippen molar-refractivity contribution in [3.05, 3.63) is 5.69 Å². The molecule has 0 aliphatic heterocycles. The van der Waals surface area contributed by atoms with E-state index in [0.29, 0.717) is 13.1 Å². The number of nitrogens with zero attached hydrogens (tertiary/aromatic N) is 3. The minimum absolute atomic E-state index is 0.150. The van der Waals surface area contributed by atoms with Crippen LogP contribution in [-0.2, 0) is 6.54 Å². The van der Waals surface area contributed by atoms with E-state index in [4.69, 9.17) is 10.9 Å². The Bertz CT molecular complexity index is 266. The average Bonchev–Trinajstić information content (AvgIpc) is 2.64. The Balaban J connectivity index is 2.56. The van der Waals surface area contributed by atoms with Gasteiger partial charge < -0.3 is 10.5 Å². The highest BCUT2D eigenvalue weighted by Gasteiger charge is 2.10. The van der Waals surface area contributed by atoms with Crippen molar-refractivity contribution in [3.63, 3.8) is 0 Å². The molecule has 0 atom stereocenters. The maximum absolute atomic E-state index is 8.81. The predicted octanol–water partition coefficient (Wildman–Crippen LogP) is -0.362. The van der Waals surface area contributed by atoms with Crippen LogP contribution in [0.4, 0.5) is 5.00 Å². The second-order valence-electron chi connectivity index (χ2n) is 2.79. The molecule has 0 fully saturated rings. The highest BCUT2D eigenvalue weighted by atomic mass is 32.1. The molecule has 4 N–H and O–H groups in total. The lowest BCUT2D eigenvalue weighted by Gasteiger charge is -2.17. The lowest BCUT2D eigenvalue weighted by Crippen LogP contribution is -2.26. The van der Waals surface area contributed by atoms with E-state index in [-0.39, 0.29) is 6.61 Å². The van der Waals surface area contributed by atoms with Crippen LogP contribution in [0.2, 0.25) is 0 Å². The number of hydrogen-bond donors (Lipinski definition) is 3. The van der Waals surface area contributed by atoms with E-state index in [2.05, 4.69) is 19.9 Å². The Morgan fingerprint density at radius 3 is 3.00 bits per heavy atom. The summed E-state index contributed by atoms with van der Waals surface area (Å²) in [6.45, 7) is 4.34. The Hall–Kier alpha value is -0.760. The van der Waals surface area contributed by atoms with Crippen LogP contribution in [0.15, 0.2) is 0 Å². The van der Waals surface area contributed by atoms with Crippen molar-refractivity contribution in [1.29, 1.82) is 0 Å². The molecule has 0 unspecified atom stereocenters. The van der Waals surface area contributed by atoms with E-state index in [1.54, 1.807) is 0 Å². The van der Waals surface area contributed by atoms with Crippen molar-refractivity contribution >= 4 is 16.5 Å². The van der Waals surface area contributed by atoms with Crippen LogP contribution in [0.1, 0.15) is 12.6 Å². The summed E-state index contributed by atoms with van der Waals surface area (Å²) < 4.78 is 3.80. The summed E-state index contributed by atoms with van der Waals surface area (Å²) in [7, 11) is 0. The molecule has 1 heterocycles. The zero-order chi connectivity index (χ0) is 10.4. The number of hydrazine groups is 1. The molecule has 6 nitrogen and oxygen atoms in total. The maximum Gasteiger partial charge on any atom is 0.148 e. The molecule has 0 spiro atoms. The van der Waals surface area contributed by atoms with Gasteiger partial charge in [0.05, 0.1) is 6.61 Å². The first-order chi connectivity index (χ1) is 6.81. The molecular weight excluding hydrogens is 202 g/mol. The molecule has 14 heavy (non-hydrogen) atoms. The first-order valence-corrected chi connectivity index (χ1v) is 5.20. The molecule has 1 aromatic rings. The van der Waals surface area contributed by atoms with E-state index in [9.17, 15) is 0 Å². The Morgan fingerprint density at radius 1 is 1.64 bits per heavy atom. The first-order valence-electron chi connectivity index (χ1n) is 4.42. The second-order valence-corrected chi connectivity index (χ2v) is 3.54. The highest BCUT2D eigenvalue weighted by Crippen LogP contribution is 2.17. The van der Waals surface area contributed by atoms with E-state index < -0.39 is 0 Å². The Kier molecular flexibility index (Phi) is 4.74. The fraction of sp³-hybridized carbons (Fsp3) is 0.714. The molecule has 0 aliphatic carbocycles. The van der Waals surface area contributed by atoms with Gasteiger partial charge in [0, 0.05) is 24.6 Å². The molecule has 1 rings (SSSR count). The van der Waals surface area contributed by atoms with Gasteiger partial charge in [0.1, 0.15) is 10.7 Å². The molecular formula is C7H15N5OS. The maximum atomic E-state index is 8.81. The third-order valence-electron chi connectivity index (χ3n) is 1.92. The fourth-order valence-corrected chi connectivity index (χ4v) is 1.61. The molecule has 0 saturated heterocycles. The third kappa shape index (κ3) is 2.88.